The van der Waals surface area contributed by atoms with Gasteiger partial charge < -0.3 is 20.1 Å². The molecule has 2 N–H and O–H groups in total. The van der Waals surface area contributed by atoms with Gasteiger partial charge in [-0.2, -0.15) is 0 Å². The predicted molar refractivity (Wildman–Crippen MR) is 72.9 cm³/mol. The van der Waals surface area contributed by atoms with Crippen molar-refractivity contribution in [2.75, 3.05) is 40.0 Å². The highest BCUT2D eigenvalue weighted by Crippen LogP contribution is 2.18. The molecular formula is C12H25ClN2O3. The van der Waals surface area contributed by atoms with E-state index in [9.17, 15) is 4.79 Å². The fourth-order valence-electron chi connectivity index (χ4n) is 2.06. The lowest BCUT2D eigenvalue weighted by Crippen LogP contribution is -2.46. The summed E-state index contributed by atoms with van der Waals surface area (Å²) in [5.41, 5.74) is 5.88. The molecule has 6 heteroatoms. The Labute approximate surface area is 115 Å². The van der Waals surface area contributed by atoms with Crippen LogP contribution in [0.5, 0.6) is 0 Å². The highest BCUT2D eigenvalue weighted by Gasteiger charge is 2.25. The lowest BCUT2D eigenvalue weighted by molar-refractivity contribution is -0.138. The minimum atomic E-state index is 0. The van der Waals surface area contributed by atoms with E-state index in [1.54, 1.807) is 7.11 Å². The monoisotopic (exact) mass is 280 g/mol. The molecule has 5 nitrogen and oxygen atoms in total. The van der Waals surface area contributed by atoms with E-state index >= 15 is 0 Å². The summed E-state index contributed by atoms with van der Waals surface area (Å²) in [6.45, 7) is 4.74. The first-order valence-electron chi connectivity index (χ1n) is 6.25. The van der Waals surface area contributed by atoms with E-state index in [-0.39, 0.29) is 31.0 Å². The summed E-state index contributed by atoms with van der Waals surface area (Å²) in [6.07, 6.45) is 2.15. The summed E-state index contributed by atoms with van der Waals surface area (Å²) in [6, 6.07) is 0.153. The molecule has 1 fully saturated rings. The van der Waals surface area contributed by atoms with Crippen LogP contribution in [0.25, 0.3) is 0 Å². The van der Waals surface area contributed by atoms with Crippen molar-refractivity contribution in [3.05, 3.63) is 0 Å². The molecular weight excluding hydrogens is 256 g/mol. The van der Waals surface area contributed by atoms with E-state index in [1.165, 1.54) is 0 Å². The normalized spacial score (nSPS) is 21.3. The van der Waals surface area contributed by atoms with Gasteiger partial charge in [0.2, 0.25) is 5.91 Å². The SMILES string of the molecule is COCCOCC(=O)N1CCCC(C(C)N)C1.Cl. The van der Waals surface area contributed by atoms with Crippen LogP contribution in [0.2, 0.25) is 0 Å². The number of nitrogens with two attached hydrogens (primary N) is 1. The third-order valence-electron chi connectivity index (χ3n) is 3.21. The van der Waals surface area contributed by atoms with Gasteiger partial charge in [0.05, 0.1) is 13.2 Å². The number of amides is 1. The van der Waals surface area contributed by atoms with Gasteiger partial charge in [0.25, 0.3) is 0 Å². The Balaban J connectivity index is 0.00000289. The number of hydrogen-bond acceptors (Lipinski definition) is 4. The Morgan fingerprint density at radius 1 is 1.50 bits per heavy atom. The Morgan fingerprint density at radius 3 is 2.83 bits per heavy atom. The van der Waals surface area contributed by atoms with Crippen molar-refractivity contribution in [2.24, 2.45) is 11.7 Å². The second-order valence-electron chi connectivity index (χ2n) is 4.65. The lowest BCUT2D eigenvalue weighted by Gasteiger charge is -2.34. The zero-order valence-corrected chi connectivity index (χ0v) is 12.1. The molecule has 0 radical (unpaired) electrons. The van der Waals surface area contributed by atoms with Crippen molar-refractivity contribution >= 4 is 18.3 Å². The molecule has 0 aromatic carbocycles. The molecule has 0 spiro atoms. The van der Waals surface area contributed by atoms with E-state index in [0.717, 1.165) is 25.9 Å². The predicted octanol–water partition coefficient (Wildman–Crippen LogP) is 0.657. The molecule has 108 valence electrons. The van der Waals surface area contributed by atoms with Crippen molar-refractivity contribution in [3.63, 3.8) is 0 Å². The largest absolute Gasteiger partial charge is 0.382 e. The van der Waals surface area contributed by atoms with Gasteiger partial charge in [-0.1, -0.05) is 0 Å². The number of halogens is 1. The van der Waals surface area contributed by atoms with Gasteiger partial charge in [0.1, 0.15) is 6.61 Å². The maximum absolute atomic E-state index is 11.8. The number of carbonyl (C=O) groups excluding carboxylic acids is 1. The van der Waals surface area contributed by atoms with Gasteiger partial charge in [-0.3, -0.25) is 4.79 Å². The van der Waals surface area contributed by atoms with Crippen molar-refractivity contribution in [1.82, 2.24) is 4.90 Å². The van der Waals surface area contributed by atoms with Gasteiger partial charge >= 0.3 is 0 Å². The third-order valence-corrected chi connectivity index (χ3v) is 3.21. The molecule has 2 atom stereocenters. The Morgan fingerprint density at radius 2 is 2.22 bits per heavy atom. The second kappa shape index (κ2) is 9.55. The van der Waals surface area contributed by atoms with Crippen molar-refractivity contribution < 1.29 is 14.3 Å². The first-order valence-corrected chi connectivity index (χ1v) is 6.25. The standard InChI is InChI=1S/C12H24N2O3.ClH/c1-10(13)11-4-3-5-14(8-11)12(15)9-17-7-6-16-2;/h10-11H,3-9,13H2,1-2H3;1H. The Kier molecular flexibility index (Phi) is 9.36. The van der Waals surface area contributed by atoms with Crippen LogP contribution < -0.4 is 5.73 Å². The summed E-state index contributed by atoms with van der Waals surface area (Å²) in [7, 11) is 1.61. The highest BCUT2D eigenvalue weighted by molar-refractivity contribution is 5.85. The Hall–Kier alpha value is -0.360. The van der Waals surface area contributed by atoms with Crippen LogP contribution in [0.4, 0.5) is 0 Å². The van der Waals surface area contributed by atoms with Gasteiger partial charge in [-0.15, -0.1) is 12.4 Å². The maximum Gasteiger partial charge on any atom is 0.248 e. The van der Waals surface area contributed by atoms with Gasteiger partial charge in [0, 0.05) is 26.2 Å². The molecule has 0 aliphatic carbocycles. The maximum atomic E-state index is 11.8. The third kappa shape index (κ3) is 6.00. The average molecular weight is 281 g/mol. The molecule has 1 aliphatic heterocycles. The molecule has 1 saturated heterocycles. The quantitative estimate of drug-likeness (QED) is 0.726. The van der Waals surface area contributed by atoms with E-state index in [1.807, 2.05) is 11.8 Å². The fourth-order valence-corrected chi connectivity index (χ4v) is 2.06. The Bertz CT molecular complexity index is 239. The van der Waals surface area contributed by atoms with Crippen molar-refractivity contribution in [2.45, 2.75) is 25.8 Å². The number of rotatable bonds is 6. The minimum Gasteiger partial charge on any atom is -0.382 e. The molecule has 1 amide bonds. The summed E-state index contributed by atoms with van der Waals surface area (Å²) in [5, 5.41) is 0. The molecule has 1 heterocycles. The molecule has 1 rings (SSSR count). The first kappa shape index (κ1) is 17.6. The van der Waals surface area contributed by atoms with E-state index in [2.05, 4.69) is 0 Å². The van der Waals surface area contributed by atoms with Crippen LogP contribution in [0.3, 0.4) is 0 Å². The van der Waals surface area contributed by atoms with Crippen LogP contribution in [-0.4, -0.2) is 56.9 Å². The fraction of sp³-hybridized carbons (Fsp3) is 0.917. The molecule has 18 heavy (non-hydrogen) atoms. The molecule has 0 aromatic rings. The molecule has 1 aliphatic rings. The van der Waals surface area contributed by atoms with E-state index in [4.69, 9.17) is 15.2 Å². The van der Waals surface area contributed by atoms with Gasteiger partial charge in [-0.05, 0) is 25.7 Å². The first-order chi connectivity index (χ1) is 8.15. The number of methoxy groups -OCH3 is 1. The highest BCUT2D eigenvalue weighted by atomic mass is 35.5. The van der Waals surface area contributed by atoms with Crippen LogP contribution in [0, 0.1) is 5.92 Å². The molecule has 0 bridgehead atoms. The summed E-state index contributed by atoms with van der Waals surface area (Å²) in [5.74, 6) is 0.484. The number of piperidine rings is 1. The number of nitrogens with zero attached hydrogens (tertiary/aromatic N) is 1. The van der Waals surface area contributed by atoms with Crippen LogP contribution in [0.1, 0.15) is 19.8 Å². The number of hydrogen-bond donors (Lipinski definition) is 1. The van der Waals surface area contributed by atoms with Crippen LogP contribution in [0.15, 0.2) is 0 Å². The van der Waals surface area contributed by atoms with Crippen molar-refractivity contribution in [3.8, 4) is 0 Å². The van der Waals surface area contributed by atoms with E-state index in [0.29, 0.717) is 19.1 Å². The zero-order valence-electron chi connectivity index (χ0n) is 11.3. The molecule has 0 saturated carbocycles. The number of carbonyl (C=O) groups is 1. The van der Waals surface area contributed by atoms with E-state index < -0.39 is 0 Å². The molecule has 0 aromatic heterocycles. The van der Waals surface area contributed by atoms with Crippen molar-refractivity contribution in [1.29, 1.82) is 0 Å². The number of likely N-dealkylation sites (tertiary alicyclic amines) is 1. The number of ether oxygens (including phenoxy) is 2. The molecule has 2 unspecified atom stereocenters. The van der Waals surface area contributed by atoms with Gasteiger partial charge in [0.15, 0.2) is 0 Å². The van der Waals surface area contributed by atoms with Crippen LogP contribution >= 0.6 is 12.4 Å². The summed E-state index contributed by atoms with van der Waals surface area (Å²) in [4.78, 5) is 13.7. The summed E-state index contributed by atoms with van der Waals surface area (Å²) >= 11 is 0. The smallest absolute Gasteiger partial charge is 0.248 e. The van der Waals surface area contributed by atoms with Gasteiger partial charge in [-0.25, -0.2) is 0 Å². The van der Waals surface area contributed by atoms with Crippen LogP contribution in [-0.2, 0) is 14.3 Å². The lowest BCUT2D eigenvalue weighted by atomic mass is 9.92. The second-order valence-corrected chi connectivity index (χ2v) is 4.65. The average Bonchev–Trinajstić information content (AvgIpc) is 2.34. The minimum absolute atomic E-state index is 0. The summed E-state index contributed by atoms with van der Waals surface area (Å²) < 4.78 is 10.1. The topological polar surface area (TPSA) is 64.8 Å². The zero-order chi connectivity index (χ0) is 12.7.